The van der Waals surface area contributed by atoms with Crippen molar-refractivity contribution in [3.63, 3.8) is 0 Å². The predicted molar refractivity (Wildman–Crippen MR) is 103 cm³/mol. The average Bonchev–Trinajstić information content (AvgIpc) is 2.69. The van der Waals surface area contributed by atoms with Gasteiger partial charge in [-0.05, 0) is 42.8 Å². The smallest absolute Gasteiger partial charge is 0.253 e. The summed E-state index contributed by atoms with van der Waals surface area (Å²) in [4.78, 5) is 18.4. The maximum absolute atomic E-state index is 12.4. The quantitative estimate of drug-likeness (QED) is 0.660. The van der Waals surface area contributed by atoms with Crippen LogP contribution in [0.4, 0.5) is 5.82 Å². The Balaban J connectivity index is 1.81. The average molecular weight is 357 g/mol. The van der Waals surface area contributed by atoms with Crippen molar-refractivity contribution in [2.24, 2.45) is 0 Å². The van der Waals surface area contributed by atoms with Crippen LogP contribution in [-0.2, 0) is 0 Å². The number of amides is 1. The summed E-state index contributed by atoms with van der Waals surface area (Å²) in [5.41, 5.74) is 0.636. The van der Waals surface area contributed by atoms with Crippen molar-refractivity contribution < 1.29 is 14.3 Å². The molecular weight excluding hydrogens is 330 g/mol. The number of aromatic nitrogens is 1. The van der Waals surface area contributed by atoms with E-state index in [9.17, 15) is 4.79 Å². The molecular formula is C20H27N3O3. The highest BCUT2D eigenvalue weighted by Crippen LogP contribution is 2.17. The van der Waals surface area contributed by atoms with Gasteiger partial charge in [0.25, 0.3) is 5.91 Å². The van der Waals surface area contributed by atoms with Crippen LogP contribution >= 0.6 is 0 Å². The highest BCUT2D eigenvalue weighted by atomic mass is 16.5. The molecule has 0 fully saturated rings. The topological polar surface area (TPSA) is 63.7 Å². The fraction of sp³-hybridized carbons (Fsp3) is 0.400. The number of rotatable bonds is 10. The molecule has 0 radical (unpaired) electrons. The Kier molecular flexibility index (Phi) is 7.74. The number of benzene rings is 1. The zero-order valence-electron chi connectivity index (χ0n) is 15.7. The van der Waals surface area contributed by atoms with Crippen LogP contribution in [0.15, 0.2) is 42.6 Å². The Hall–Kier alpha value is -2.76. The maximum Gasteiger partial charge on any atom is 0.253 e. The monoisotopic (exact) mass is 357 g/mol. The minimum atomic E-state index is 0.0124. The second kappa shape index (κ2) is 10.3. The molecule has 0 aliphatic carbocycles. The lowest BCUT2D eigenvalue weighted by Crippen LogP contribution is -2.27. The highest BCUT2D eigenvalue weighted by Gasteiger charge is 2.11. The van der Waals surface area contributed by atoms with Gasteiger partial charge in [-0.15, -0.1) is 0 Å². The van der Waals surface area contributed by atoms with Gasteiger partial charge in [-0.1, -0.05) is 13.3 Å². The standard InChI is InChI=1S/C20H27N3O3/c1-4-5-13-23(2)20(24)16-10-11-21-19(15-16)22-12-14-26-18-8-6-17(25-3)7-9-18/h6-11,15H,4-5,12-14H2,1-3H3,(H,21,22). The summed E-state index contributed by atoms with van der Waals surface area (Å²) in [6, 6.07) is 11.0. The van der Waals surface area contributed by atoms with Gasteiger partial charge in [-0.25, -0.2) is 4.98 Å². The largest absolute Gasteiger partial charge is 0.497 e. The van der Waals surface area contributed by atoms with Gasteiger partial charge in [-0.2, -0.15) is 0 Å². The van der Waals surface area contributed by atoms with E-state index in [2.05, 4.69) is 17.2 Å². The van der Waals surface area contributed by atoms with Gasteiger partial charge in [0.05, 0.1) is 13.7 Å². The van der Waals surface area contributed by atoms with E-state index in [1.165, 1.54) is 0 Å². The van der Waals surface area contributed by atoms with E-state index in [-0.39, 0.29) is 5.91 Å². The van der Waals surface area contributed by atoms with Crippen LogP contribution in [0.2, 0.25) is 0 Å². The molecule has 26 heavy (non-hydrogen) atoms. The maximum atomic E-state index is 12.4. The first-order chi connectivity index (χ1) is 12.6. The summed E-state index contributed by atoms with van der Waals surface area (Å²) in [6.45, 7) is 3.95. The third-order valence-corrected chi connectivity index (χ3v) is 3.94. The second-order valence-corrected chi connectivity index (χ2v) is 5.96. The fourth-order valence-electron chi connectivity index (χ4n) is 2.40. The van der Waals surface area contributed by atoms with E-state index in [0.29, 0.717) is 24.5 Å². The molecule has 2 aromatic rings. The van der Waals surface area contributed by atoms with Crippen molar-refractivity contribution in [1.82, 2.24) is 9.88 Å². The van der Waals surface area contributed by atoms with Gasteiger partial charge in [0.2, 0.25) is 0 Å². The zero-order chi connectivity index (χ0) is 18.8. The number of hydrogen-bond acceptors (Lipinski definition) is 5. The molecule has 6 nitrogen and oxygen atoms in total. The van der Waals surface area contributed by atoms with Crippen molar-refractivity contribution >= 4 is 11.7 Å². The van der Waals surface area contributed by atoms with Crippen molar-refractivity contribution in [1.29, 1.82) is 0 Å². The van der Waals surface area contributed by atoms with Gasteiger partial charge < -0.3 is 19.7 Å². The summed E-state index contributed by atoms with van der Waals surface area (Å²) in [5, 5.41) is 3.18. The van der Waals surface area contributed by atoms with E-state index in [0.717, 1.165) is 30.9 Å². The first-order valence-electron chi connectivity index (χ1n) is 8.86. The molecule has 1 aromatic carbocycles. The third kappa shape index (κ3) is 5.95. The van der Waals surface area contributed by atoms with Crippen LogP contribution in [0.5, 0.6) is 11.5 Å². The predicted octanol–water partition coefficient (Wildman–Crippen LogP) is 3.45. The number of pyridine rings is 1. The fourth-order valence-corrected chi connectivity index (χ4v) is 2.40. The molecule has 1 N–H and O–H groups in total. The first-order valence-corrected chi connectivity index (χ1v) is 8.86. The minimum Gasteiger partial charge on any atom is -0.497 e. The van der Waals surface area contributed by atoms with E-state index >= 15 is 0 Å². The lowest BCUT2D eigenvalue weighted by Gasteiger charge is -2.17. The first kappa shape index (κ1) is 19.6. The summed E-state index contributed by atoms with van der Waals surface area (Å²) >= 11 is 0. The summed E-state index contributed by atoms with van der Waals surface area (Å²) < 4.78 is 10.8. The van der Waals surface area contributed by atoms with Crippen LogP contribution in [-0.4, -0.2) is 49.6 Å². The van der Waals surface area contributed by atoms with Gasteiger partial charge in [0, 0.05) is 25.4 Å². The molecule has 1 heterocycles. The molecule has 140 valence electrons. The van der Waals surface area contributed by atoms with Crippen molar-refractivity contribution in [3.05, 3.63) is 48.2 Å². The Bertz CT molecular complexity index is 689. The molecule has 6 heteroatoms. The van der Waals surface area contributed by atoms with Crippen molar-refractivity contribution in [3.8, 4) is 11.5 Å². The number of carbonyl (C=O) groups is 1. The normalized spacial score (nSPS) is 10.3. The number of unbranched alkanes of at least 4 members (excludes halogenated alkanes) is 1. The molecule has 0 spiro atoms. The van der Waals surface area contributed by atoms with E-state index < -0.39 is 0 Å². The summed E-state index contributed by atoms with van der Waals surface area (Å²) in [6.07, 6.45) is 3.71. The molecule has 0 aliphatic heterocycles. The SMILES string of the molecule is CCCCN(C)C(=O)c1ccnc(NCCOc2ccc(OC)cc2)c1. The van der Waals surface area contributed by atoms with Crippen LogP contribution in [0.3, 0.4) is 0 Å². The van der Waals surface area contributed by atoms with E-state index in [4.69, 9.17) is 9.47 Å². The summed E-state index contributed by atoms with van der Waals surface area (Å²) in [7, 11) is 3.46. The molecule has 0 saturated heterocycles. The molecule has 0 bridgehead atoms. The van der Waals surface area contributed by atoms with Crippen LogP contribution in [0.25, 0.3) is 0 Å². The van der Waals surface area contributed by atoms with Crippen LogP contribution < -0.4 is 14.8 Å². The second-order valence-electron chi connectivity index (χ2n) is 5.96. The van der Waals surface area contributed by atoms with Crippen LogP contribution in [0.1, 0.15) is 30.1 Å². The molecule has 1 aromatic heterocycles. The Morgan fingerprint density at radius 3 is 2.62 bits per heavy atom. The Labute approximate surface area is 155 Å². The van der Waals surface area contributed by atoms with Crippen LogP contribution in [0, 0.1) is 0 Å². The lowest BCUT2D eigenvalue weighted by molar-refractivity contribution is 0.0793. The van der Waals surface area contributed by atoms with Crippen molar-refractivity contribution in [2.75, 3.05) is 39.2 Å². The molecule has 0 atom stereocenters. The minimum absolute atomic E-state index is 0.0124. The Morgan fingerprint density at radius 2 is 1.92 bits per heavy atom. The van der Waals surface area contributed by atoms with Gasteiger partial charge in [0.15, 0.2) is 0 Å². The van der Waals surface area contributed by atoms with Gasteiger partial charge in [0.1, 0.15) is 23.9 Å². The molecule has 2 rings (SSSR count). The number of nitrogens with one attached hydrogen (secondary N) is 1. The summed E-state index contributed by atoms with van der Waals surface area (Å²) in [5.74, 6) is 2.25. The molecule has 1 amide bonds. The molecule has 0 unspecified atom stereocenters. The lowest BCUT2D eigenvalue weighted by atomic mass is 10.2. The number of ether oxygens (including phenoxy) is 2. The van der Waals surface area contributed by atoms with Gasteiger partial charge >= 0.3 is 0 Å². The van der Waals surface area contributed by atoms with Crippen molar-refractivity contribution in [2.45, 2.75) is 19.8 Å². The van der Waals surface area contributed by atoms with Gasteiger partial charge in [-0.3, -0.25) is 4.79 Å². The number of carbonyl (C=O) groups excluding carboxylic acids is 1. The number of anilines is 1. The third-order valence-electron chi connectivity index (χ3n) is 3.94. The number of methoxy groups -OCH3 is 1. The Morgan fingerprint density at radius 1 is 1.19 bits per heavy atom. The van der Waals surface area contributed by atoms with E-state index in [1.54, 1.807) is 30.3 Å². The number of nitrogens with zero attached hydrogens (tertiary/aromatic N) is 2. The van der Waals surface area contributed by atoms with E-state index in [1.807, 2.05) is 31.3 Å². The molecule has 0 aliphatic rings. The zero-order valence-corrected chi connectivity index (χ0v) is 15.7. The molecule has 0 saturated carbocycles. The highest BCUT2D eigenvalue weighted by molar-refractivity contribution is 5.94. The number of hydrogen-bond donors (Lipinski definition) is 1.